The Morgan fingerprint density at radius 1 is 1.60 bits per heavy atom. The number of aliphatic carboxylic acids is 1. The third-order valence-corrected chi connectivity index (χ3v) is 2.52. The van der Waals surface area contributed by atoms with Crippen LogP contribution in [0.2, 0.25) is 0 Å². The van der Waals surface area contributed by atoms with E-state index in [0.29, 0.717) is 4.47 Å². The van der Waals surface area contributed by atoms with E-state index >= 15 is 0 Å². The van der Waals surface area contributed by atoms with Gasteiger partial charge in [0, 0.05) is 16.1 Å². The summed E-state index contributed by atoms with van der Waals surface area (Å²) in [6.45, 7) is 1.42. The van der Waals surface area contributed by atoms with Gasteiger partial charge in [0.2, 0.25) is 0 Å². The molecule has 5 nitrogen and oxygen atoms in total. The molecule has 0 aliphatic carbocycles. The van der Waals surface area contributed by atoms with Crippen LogP contribution in [0.4, 0.5) is 5.69 Å². The highest BCUT2D eigenvalue weighted by molar-refractivity contribution is 9.10. The molecule has 0 radical (unpaired) electrons. The zero-order chi connectivity index (χ0) is 11.6. The molecule has 0 heterocycles. The van der Waals surface area contributed by atoms with Gasteiger partial charge < -0.3 is 5.11 Å². The average molecular weight is 274 g/mol. The summed E-state index contributed by atoms with van der Waals surface area (Å²) < 4.78 is 0.551. The third-order valence-electron chi connectivity index (χ3n) is 2.03. The summed E-state index contributed by atoms with van der Waals surface area (Å²) in [6, 6.07) is 4.33. The van der Waals surface area contributed by atoms with E-state index in [1.54, 1.807) is 6.07 Å². The Hall–Kier alpha value is -1.43. The van der Waals surface area contributed by atoms with Crippen molar-refractivity contribution in [2.45, 2.75) is 12.8 Å². The molecule has 1 aromatic carbocycles. The van der Waals surface area contributed by atoms with Gasteiger partial charge in [-0.3, -0.25) is 14.9 Å². The van der Waals surface area contributed by atoms with Crippen molar-refractivity contribution in [1.82, 2.24) is 0 Å². The molecule has 0 aromatic heterocycles. The van der Waals surface area contributed by atoms with Crippen molar-refractivity contribution in [2.24, 2.45) is 0 Å². The van der Waals surface area contributed by atoms with E-state index in [1.165, 1.54) is 19.1 Å². The fourth-order valence-corrected chi connectivity index (χ4v) is 1.52. The summed E-state index contributed by atoms with van der Waals surface area (Å²) in [4.78, 5) is 20.8. The molecular weight excluding hydrogens is 266 g/mol. The molecule has 0 fully saturated rings. The van der Waals surface area contributed by atoms with Crippen molar-refractivity contribution < 1.29 is 14.8 Å². The summed E-state index contributed by atoms with van der Waals surface area (Å²) in [5, 5.41) is 19.5. The fraction of sp³-hybridized carbons (Fsp3) is 0.222. The molecule has 15 heavy (non-hydrogen) atoms. The Bertz CT molecular complexity index is 419. The minimum Gasteiger partial charge on any atom is -0.481 e. The lowest BCUT2D eigenvalue weighted by molar-refractivity contribution is -0.385. The minimum atomic E-state index is -1.08. The molecule has 0 saturated heterocycles. The first-order valence-electron chi connectivity index (χ1n) is 4.10. The van der Waals surface area contributed by atoms with Gasteiger partial charge in [0.05, 0.1) is 10.8 Å². The highest BCUT2D eigenvalue weighted by Crippen LogP contribution is 2.29. The summed E-state index contributed by atoms with van der Waals surface area (Å²) in [5.74, 6) is -1.97. The Balaban J connectivity index is 3.28. The maximum atomic E-state index is 10.7. The monoisotopic (exact) mass is 273 g/mol. The van der Waals surface area contributed by atoms with Crippen molar-refractivity contribution in [3.63, 3.8) is 0 Å². The minimum absolute atomic E-state index is 0.181. The summed E-state index contributed by atoms with van der Waals surface area (Å²) in [6.07, 6.45) is 0. The van der Waals surface area contributed by atoms with Crippen LogP contribution in [-0.4, -0.2) is 16.0 Å². The molecule has 0 bridgehead atoms. The highest BCUT2D eigenvalue weighted by atomic mass is 79.9. The number of nitro groups is 1. The molecule has 1 N–H and O–H groups in total. The van der Waals surface area contributed by atoms with E-state index in [9.17, 15) is 14.9 Å². The van der Waals surface area contributed by atoms with Crippen molar-refractivity contribution in [3.8, 4) is 0 Å². The number of hydrogen-bond donors (Lipinski definition) is 1. The first-order valence-corrected chi connectivity index (χ1v) is 4.89. The fourth-order valence-electron chi connectivity index (χ4n) is 1.17. The number of carboxylic acid groups (broad SMARTS) is 1. The predicted octanol–water partition coefficient (Wildman–Crippen LogP) is 2.55. The van der Waals surface area contributed by atoms with E-state index in [1.807, 2.05) is 0 Å². The van der Waals surface area contributed by atoms with E-state index in [0.717, 1.165) is 0 Å². The van der Waals surface area contributed by atoms with E-state index in [-0.39, 0.29) is 11.3 Å². The van der Waals surface area contributed by atoms with Gasteiger partial charge in [-0.2, -0.15) is 0 Å². The average Bonchev–Trinajstić information content (AvgIpc) is 2.16. The van der Waals surface area contributed by atoms with Crippen molar-refractivity contribution in [2.75, 3.05) is 0 Å². The van der Waals surface area contributed by atoms with Crippen LogP contribution in [0.5, 0.6) is 0 Å². The van der Waals surface area contributed by atoms with E-state index in [4.69, 9.17) is 5.11 Å². The molecule has 0 aliphatic heterocycles. The molecule has 0 spiro atoms. The molecule has 1 rings (SSSR count). The molecule has 1 atom stereocenters. The second kappa shape index (κ2) is 4.39. The number of nitro benzene ring substituents is 1. The van der Waals surface area contributed by atoms with Gasteiger partial charge >= 0.3 is 5.97 Å². The van der Waals surface area contributed by atoms with Crippen LogP contribution in [-0.2, 0) is 4.79 Å². The first-order chi connectivity index (χ1) is 6.93. The van der Waals surface area contributed by atoms with Gasteiger partial charge in [-0.05, 0) is 13.0 Å². The Morgan fingerprint density at radius 2 is 2.20 bits per heavy atom. The Kier molecular flexibility index (Phi) is 3.41. The van der Waals surface area contributed by atoms with Gasteiger partial charge in [-0.15, -0.1) is 0 Å². The highest BCUT2D eigenvalue weighted by Gasteiger charge is 2.23. The van der Waals surface area contributed by atoms with E-state index in [2.05, 4.69) is 15.9 Å². The first kappa shape index (κ1) is 11.6. The Morgan fingerprint density at radius 3 is 2.67 bits per heavy atom. The predicted molar refractivity (Wildman–Crippen MR) is 56.8 cm³/mol. The van der Waals surface area contributed by atoms with Crippen molar-refractivity contribution in [1.29, 1.82) is 0 Å². The largest absolute Gasteiger partial charge is 0.481 e. The third kappa shape index (κ3) is 2.53. The zero-order valence-electron chi connectivity index (χ0n) is 7.81. The number of halogens is 1. The van der Waals surface area contributed by atoms with Crippen LogP contribution < -0.4 is 0 Å². The molecule has 6 heteroatoms. The van der Waals surface area contributed by atoms with Crippen LogP contribution in [0.25, 0.3) is 0 Å². The SMILES string of the molecule is CC(C(=O)O)c1ccc(Br)cc1[N+](=O)[O-]. The Labute approximate surface area is 94.0 Å². The molecule has 1 unspecified atom stereocenters. The molecule has 0 saturated carbocycles. The molecule has 1 aromatic rings. The number of nitrogens with zero attached hydrogens (tertiary/aromatic N) is 1. The standard InChI is InChI=1S/C9H8BrNO4/c1-5(9(12)13)7-3-2-6(10)4-8(7)11(14)15/h2-5H,1H3,(H,12,13). The van der Waals surface area contributed by atoms with E-state index < -0.39 is 16.8 Å². The van der Waals surface area contributed by atoms with Crippen molar-refractivity contribution >= 4 is 27.6 Å². The lowest BCUT2D eigenvalue weighted by Crippen LogP contribution is -2.09. The van der Waals surface area contributed by atoms with Crippen LogP contribution in [0.15, 0.2) is 22.7 Å². The number of hydrogen-bond acceptors (Lipinski definition) is 3. The zero-order valence-corrected chi connectivity index (χ0v) is 9.39. The summed E-state index contributed by atoms with van der Waals surface area (Å²) in [5.41, 5.74) is 0.0231. The maximum absolute atomic E-state index is 10.7. The smallest absolute Gasteiger partial charge is 0.310 e. The van der Waals surface area contributed by atoms with Crippen LogP contribution in [0, 0.1) is 10.1 Å². The quantitative estimate of drug-likeness (QED) is 0.678. The summed E-state index contributed by atoms with van der Waals surface area (Å²) >= 11 is 3.10. The number of benzene rings is 1. The van der Waals surface area contributed by atoms with Crippen LogP contribution in [0.1, 0.15) is 18.4 Å². The van der Waals surface area contributed by atoms with Gasteiger partial charge in [0.1, 0.15) is 0 Å². The maximum Gasteiger partial charge on any atom is 0.310 e. The molecule has 80 valence electrons. The number of carbonyl (C=O) groups is 1. The molecule has 0 aliphatic rings. The molecular formula is C9H8BrNO4. The lowest BCUT2D eigenvalue weighted by atomic mass is 10.00. The van der Waals surface area contributed by atoms with Gasteiger partial charge in [-0.25, -0.2) is 0 Å². The van der Waals surface area contributed by atoms with Crippen LogP contribution >= 0.6 is 15.9 Å². The number of carboxylic acids is 1. The van der Waals surface area contributed by atoms with Crippen LogP contribution in [0.3, 0.4) is 0 Å². The molecule has 0 amide bonds. The topological polar surface area (TPSA) is 80.4 Å². The lowest BCUT2D eigenvalue weighted by Gasteiger charge is -2.07. The summed E-state index contributed by atoms with van der Waals surface area (Å²) in [7, 11) is 0. The van der Waals surface area contributed by atoms with Gasteiger partial charge in [-0.1, -0.05) is 22.0 Å². The second-order valence-electron chi connectivity index (χ2n) is 3.02. The number of rotatable bonds is 3. The second-order valence-corrected chi connectivity index (χ2v) is 3.94. The normalized spacial score (nSPS) is 12.1. The van der Waals surface area contributed by atoms with Gasteiger partial charge in [0.25, 0.3) is 5.69 Å². The van der Waals surface area contributed by atoms with Gasteiger partial charge in [0.15, 0.2) is 0 Å². The van der Waals surface area contributed by atoms with Crippen molar-refractivity contribution in [3.05, 3.63) is 38.3 Å².